The van der Waals surface area contributed by atoms with Gasteiger partial charge in [-0.15, -0.1) is 22.7 Å². The van der Waals surface area contributed by atoms with E-state index in [0.29, 0.717) is 34.1 Å². The van der Waals surface area contributed by atoms with Crippen molar-refractivity contribution in [1.82, 2.24) is 9.97 Å². The summed E-state index contributed by atoms with van der Waals surface area (Å²) in [4.78, 5) is 21.3. The Bertz CT molecular complexity index is 1200. The lowest BCUT2D eigenvalue weighted by atomic mass is 10.1. The minimum absolute atomic E-state index is 0.142. The minimum atomic E-state index is -4.38. The summed E-state index contributed by atoms with van der Waals surface area (Å²) in [6.45, 7) is 1.77. The van der Waals surface area contributed by atoms with Crippen molar-refractivity contribution in [2.75, 3.05) is 5.32 Å². The first-order valence-electron chi connectivity index (χ1n) is 9.54. The highest BCUT2D eigenvalue weighted by atomic mass is 32.1. The third-order valence-electron chi connectivity index (χ3n) is 4.61. The number of fused-ring (bicyclic) bond motifs is 1. The summed E-state index contributed by atoms with van der Waals surface area (Å²) >= 11 is 2.86. The molecule has 0 radical (unpaired) electrons. The van der Waals surface area contributed by atoms with Crippen LogP contribution in [0.4, 0.5) is 18.2 Å². The lowest BCUT2D eigenvalue weighted by Crippen LogP contribution is -2.12. The number of anilines is 1. The topological polar surface area (TPSA) is 54.9 Å². The third-order valence-corrected chi connectivity index (χ3v) is 6.78. The maximum atomic E-state index is 12.9. The van der Waals surface area contributed by atoms with E-state index >= 15 is 0 Å². The average Bonchev–Trinajstić information content (AvgIpc) is 3.28. The number of hydrogen-bond donors (Lipinski definition) is 1. The molecule has 1 N–H and O–H groups in total. The number of amides is 1. The number of nitrogens with zero attached hydrogens (tertiary/aromatic N) is 2. The molecule has 4 nitrogen and oxygen atoms in total. The number of para-hydroxylation sites is 1. The molecule has 0 aliphatic rings. The monoisotopic (exact) mass is 461 g/mol. The molecule has 0 spiro atoms. The van der Waals surface area contributed by atoms with Crippen LogP contribution in [0.1, 0.15) is 33.3 Å². The van der Waals surface area contributed by atoms with Crippen LogP contribution in [0, 0.1) is 6.92 Å². The van der Waals surface area contributed by atoms with Crippen LogP contribution in [-0.4, -0.2) is 15.9 Å². The molecule has 160 valence electrons. The van der Waals surface area contributed by atoms with Crippen LogP contribution in [0.3, 0.4) is 0 Å². The van der Waals surface area contributed by atoms with Crippen molar-refractivity contribution in [3.05, 3.63) is 75.4 Å². The number of hydrogen-bond acceptors (Lipinski definition) is 5. The van der Waals surface area contributed by atoms with Gasteiger partial charge in [0.25, 0.3) is 0 Å². The third kappa shape index (κ3) is 5.29. The van der Waals surface area contributed by atoms with Crippen molar-refractivity contribution in [2.24, 2.45) is 0 Å². The Balaban J connectivity index is 1.38. The number of thiazole rings is 2. The first-order valence-corrected chi connectivity index (χ1v) is 11.2. The second-order valence-electron chi connectivity index (χ2n) is 7.02. The molecule has 0 bridgehead atoms. The predicted molar refractivity (Wildman–Crippen MR) is 118 cm³/mol. The summed E-state index contributed by atoms with van der Waals surface area (Å²) in [7, 11) is 0. The summed E-state index contributed by atoms with van der Waals surface area (Å²) in [6, 6.07) is 13.1. The first kappa shape index (κ1) is 21.5. The number of alkyl halides is 3. The first-order chi connectivity index (χ1) is 14.8. The summed E-state index contributed by atoms with van der Waals surface area (Å²) in [5, 5.41) is 5.05. The summed E-state index contributed by atoms with van der Waals surface area (Å²) in [5.74, 6) is -0.142. The summed E-state index contributed by atoms with van der Waals surface area (Å²) < 4.78 is 39.8. The molecule has 31 heavy (non-hydrogen) atoms. The van der Waals surface area contributed by atoms with Gasteiger partial charge in [-0.1, -0.05) is 30.3 Å². The highest BCUT2D eigenvalue weighted by molar-refractivity contribution is 7.18. The fourth-order valence-electron chi connectivity index (χ4n) is 3.11. The zero-order valence-electron chi connectivity index (χ0n) is 16.5. The van der Waals surface area contributed by atoms with Crippen molar-refractivity contribution in [2.45, 2.75) is 32.4 Å². The molecule has 2 heterocycles. The maximum Gasteiger partial charge on any atom is 0.416 e. The number of carbonyl (C=O) groups is 1. The van der Waals surface area contributed by atoms with Crippen LogP contribution in [0.2, 0.25) is 0 Å². The van der Waals surface area contributed by atoms with E-state index in [-0.39, 0.29) is 12.3 Å². The lowest BCUT2D eigenvalue weighted by molar-refractivity contribution is -0.137. The van der Waals surface area contributed by atoms with Gasteiger partial charge in [-0.2, -0.15) is 13.2 Å². The van der Waals surface area contributed by atoms with Crippen molar-refractivity contribution in [3.8, 4) is 0 Å². The summed E-state index contributed by atoms with van der Waals surface area (Å²) in [5.41, 5.74) is 1.43. The van der Waals surface area contributed by atoms with Crippen LogP contribution in [-0.2, 0) is 23.8 Å². The van der Waals surface area contributed by atoms with E-state index in [1.807, 2.05) is 24.3 Å². The number of benzene rings is 2. The maximum absolute atomic E-state index is 12.9. The highest BCUT2D eigenvalue weighted by Crippen LogP contribution is 2.31. The molecule has 4 aromatic rings. The number of aryl methyl sites for hydroxylation is 2. The Morgan fingerprint density at radius 2 is 1.84 bits per heavy atom. The van der Waals surface area contributed by atoms with Gasteiger partial charge in [0.2, 0.25) is 5.91 Å². The fraction of sp³-hybridized carbons (Fsp3) is 0.227. The number of carbonyl (C=O) groups excluding carboxylic acids is 1. The molecule has 0 saturated carbocycles. The fourth-order valence-corrected chi connectivity index (χ4v) is 5.09. The van der Waals surface area contributed by atoms with E-state index in [1.54, 1.807) is 24.3 Å². The second-order valence-corrected chi connectivity index (χ2v) is 9.22. The Labute approximate surface area is 184 Å². The molecule has 2 aromatic carbocycles. The Morgan fingerprint density at radius 3 is 2.61 bits per heavy atom. The van der Waals surface area contributed by atoms with Gasteiger partial charge in [0.1, 0.15) is 5.00 Å². The van der Waals surface area contributed by atoms with Gasteiger partial charge in [0, 0.05) is 19.3 Å². The van der Waals surface area contributed by atoms with E-state index < -0.39 is 11.7 Å². The van der Waals surface area contributed by atoms with Crippen molar-refractivity contribution >= 4 is 43.8 Å². The zero-order valence-corrected chi connectivity index (χ0v) is 18.1. The van der Waals surface area contributed by atoms with E-state index in [1.165, 1.54) is 17.4 Å². The van der Waals surface area contributed by atoms with Crippen LogP contribution < -0.4 is 5.32 Å². The van der Waals surface area contributed by atoms with Gasteiger partial charge < -0.3 is 5.32 Å². The predicted octanol–water partition coefficient (Wildman–Crippen LogP) is 6.24. The molecule has 0 aliphatic carbocycles. The average molecular weight is 462 g/mol. The number of halogens is 3. The van der Waals surface area contributed by atoms with Gasteiger partial charge in [0.15, 0.2) is 0 Å². The largest absolute Gasteiger partial charge is 0.416 e. The molecular formula is C22H18F3N3OS2. The number of aromatic nitrogens is 2. The molecule has 0 atom stereocenters. The van der Waals surface area contributed by atoms with E-state index in [9.17, 15) is 18.0 Å². The highest BCUT2D eigenvalue weighted by Gasteiger charge is 2.30. The SMILES string of the molecule is Cc1nc(Cc2cccc(C(F)(F)F)c2)sc1NC(=O)CCc1nc2ccccc2s1. The van der Waals surface area contributed by atoms with Crippen molar-refractivity contribution in [3.63, 3.8) is 0 Å². The van der Waals surface area contributed by atoms with Gasteiger partial charge >= 0.3 is 6.18 Å². The molecule has 4 rings (SSSR count). The van der Waals surface area contributed by atoms with Crippen LogP contribution in [0.5, 0.6) is 0 Å². The molecule has 0 aliphatic heterocycles. The molecule has 0 saturated heterocycles. The van der Waals surface area contributed by atoms with Crippen LogP contribution in [0.15, 0.2) is 48.5 Å². The van der Waals surface area contributed by atoms with Crippen molar-refractivity contribution < 1.29 is 18.0 Å². The molecule has 1 amide bonds. The smallest absolute Gasteiger partial charge is 0.316 e. The quantitative estimate of drug-likeness (QED) is 0.370. The minimum Gasteiger partial charge on any atom is -0.316 e. The molecule has 0 fully saturated rings. The van der Waals surface area contributed by atoms with Gasteiger partial charge in [-0.25, -0.2) is 9.97 Å². The van der Waals surface area contributed by atoms with Gasteiger partial charge in [0.05, 0.1) is 31.5 Å². The zero-order chi connectivity index (χ0) is 22.0. The lowest BCUT2D eigenvalue weighted by Gasteiger charge is -2.07. The van der Waals surface area contributed by atoms with Crippen LogP contribution in [0.25, 0.3) is 10.2 Å². The van der Waals surface area contributed by atoms with Gasteiger partial charge in [-0.3, -0.25) is 4.79 Å². The number of rotatable bonds is 6. The van der Waals surface area contributed by atoms with E-state index in [2.05, 4.69) is 15.3 Å². The summed E-state index contributed by atoms with van der Waals surface area (Å²) in [6.07, 6.45) is -3.27. The van der Waals surface area contributed by atoms with Crippen LogP contribution >= 0.6 is 22.7 Å². The molecular weight excluding hydrogens is 443 g/mol. The molecule has 9 heteroatoms. The normalized spacial score (nSPS) is 11.7. The van der Waals surface area contributed by atoms with E-state index in [4.69, 9.17) is 0 Å². The second kappa shape index (κ2) is 8.76. The Hall–Kier alpha value is -2.78. The Kier molecular flexibility index (Phi) is 6.06. The van der Waals surface area contributed by atoms with Gasteiger partial charge in [-0.05, 0) is 30.7 Å². The standard InChI is InChI=1S/C22H18F3N3OS2/c1-13-21(28-18(29)9-10-19-27-16-7-2-3-8-17(16)30-19)31-20(26-13)12-14-5-4-6-15(11-14)22(23,24)25/h2-8,11H,9-10,12H2,1H3,(H,28,29). The molecule has 0 unspecified atom stereocenters. The number of nitrogens with one attached hydrogen (secondary N) is 1. The Morgan fingerprint density at radius 1 is 1.03 bits per heavy atom. The van der Waals surface area contributed by atoms with Crippen molar-refractivity contribution in [1.29, 1.82) is 0 Å². The molecule has 2 aromatic heterocycles. The van der Waals surface area contributed by atoms with E-state index in [0.717, 1.165) is 27.4 Å².